The highest BCUT2D eigenvalue weighted by atomic mass is 19.2. The van der Waals surface area contributed by atoms with Crippen LogP contribution in [0.3, 0.4) is 0 Å². The van der Waals surface area contributed by atoms with Crippen LogP contribution in [0, 0.1) is 17.5 Å². The number of fused-ring (bicyclic) bond motifs is 1. The molecule has 28 heavy (non-hydrogen) atoms. The number of piperazine rings is 1. The molecule has 1 aromatic carbocycles. The molecule has 0 radical (unpaired) electrons. The van der Waals surface area contributed by atoms with Gasteiger partial charge in [-0.3, -0.25) is 19.8 Å². The minimum Gasteiger partial charge on any atom is -0.359 e. The summed E-state index contributed by atoms with van der Waals surface area (Å²) in [6, 6.07) is -1.05. The Morgan fingerprint density at radius 3 is 2.14 bits per heavy atom. The van der Waals surface area contributed by atoms with Gasteiger partial charge in [-0.25, -0.2) is 13.2 Å². The van der Waals surface area contributed by atoms with Crippen LogP contribution in [0.5, 0.6) is 0 Å². The van der Waals surface area contributed by atoms with Gasteiger partial charge in [-0.15, -0.1) is 0 Å². The molecule has 2 saturated heterocycles. The summed E-state index contributed by atoms with van der Waals surface area (Å²) in [5, 5.41) is 5.44. The Balaban J connectivity index is 1.70. The number of nitrogens with one attached hydrogen (secondary N) is 2. The van der Waals surface area contributed by atoms with Crippen LogP contribution in [0.1, 0.15) is 37.8 Å². The van der Waals surface area contributed by atoms with Gasteiger partial charge in [0.1, 0.15) is 5.69 Å². The minimum absolute atomic E-state index is 0.00644. The van der Waals surface area contributed by atoms with E-state index in [0.717, 1.165) is 0 Å². The van der Waals surface area contributed by atoms with Crippen molar-refractivity contribution >= 4 is 17.5 Å². The van der Waals surface area contributed by atoms with Gasteiger partial charge in [-0.1, -0.05) is 0 Å². The van der Waals surface area contributed by atoms with E-state index in [-0.39, 0.29) is 60.7 Å². The number of benzene rings is 1. The highest BCUT2D eigenvalue weighted by Crippen LogP contribution is 2.39. The van der Waals surface area contributed by atoms with Crippen LogP contribution >= 0.6 is 0 Å². The van der Waals surface area contributed by atoms with Gasteiger partial charge >= 0.3 is 0 Å². The van der Waals surface area contributed by atoms with Crippen molar-refractivity contribution in [2.24, 2.45) is 0 Å². The number of halogens is 3. The molecular weight excluding hydrogens is 373 g/mol. The van der Waals surface area contributed by atoms with Crippen molar-refractivity contribution in [3.05, 3.63) is 28.6 Å². The van der Waals surface area contributed by atoms with E-state index in [4.69, 9.17) is 0 Å². The summed E-state index contributed by atoms with van der Waals surface area (Å²) in [7, 11) is 0. The lowest BCUT2D eigenvalue weighted by Gasteiger charge is -2.41. The third-order valence-electron chi connectivity index (χ3n) is 5.96. The van der Waals surface area contributed by atoms with E-state index in [0.29, 0.717) is 13.1 Å². The Morgan fingerprint density at radius 2 is 1.54 bits per heavy atom. The summed E-state index contributed by atoms with van der Waals surface area (Å²) in [6.45, 7) is 4.71. The zero-order valence-electron chi connectivity index (χ0n) is 15.8. The number of nitrogens with zero attached hydrogens (tertiary/aromatic N) is 2. The van der Waals surface area contributed by atoms with E-state index >= 15 is 4.39 Å². The molecule has 1 aromatic rings. The number of anilines is 1. The SMILES string of the molecule is CC1CNCC(C)N1c1c(F)c(F)c2c(c1F)CN(C1CCC(=O)NC1=O)C2. The van der Waals surface area contributed by atoms with Gasteiger partial charge in [0.15, 0.2) is 17.5 Å². The van der Waals surface area contributed by atoms with Crippen LogP contribution in [0.4, 0.5) is 18.9 Å². The van der Waals surface area contributed by atoms with Gasteiger partial charge in [0, 0.05) is 55.8 Å². The summed E-state index contributed by atoms with van der Waals surface area (Å²) in [6.07, 6.45) is 0.451. The third-order valence-corrected chi connectivity index (χ3v) is 5.96. The van der Waals surface area contributed by atoms with Crippen molar-refractivity contribution in [1.29, 1.82) is 0 Å². The first-order chi connectivity index (χ1) is 13.3. The molecule has 3 unspecified atom stereocenters. The van der Waals surface area contributed by atoms with E-state index in [2.05, 4.69) is 10.6 Å². The smallest absolute Gasteiger partial charge is 0.243 e. The molecule has 2 amide bonds. The summed E-state index contributed by atoms with van der Waals surface area (Å²) in [5.74, 6) is -3.83. The largest absolute Gasteiger partial charge is 0.359 e. The molecule has 0 bridgehead atoms. The molecule has 2 N–H and O–H groups in total. The molecule has 2 fully saturated rings. The standard InChI is InChI=1S/C19H23F3N4O2/c1-9-5-23-6-10(2)26(9)18-16(21)12-8-25(7-11(12)15(20)17(18)22)13-3-4-14(27)24-19(13)28/h9-10,13,23H,3-8H2,1-2H3,(H,24,27,28). The Morgan fingerprint density at radius 1 is 0.929 bits per heavy atom. The number of amides is 2. The number of carbonyl (C=O) groups is 2. The van der Waals surface area contributed by atoms with Crippen LogP contribution < -0.4 is 15.5 Å². The van der Waals surface area contributed by atoms with Crippen LogP contribution in [0.2, 0.25) is 0 Å². The molecule has 0 spiro atoms. The van der Waals surface area contributed by atoms with E-state index < -0.39 is 29.4 Å². The van der Waals surface area contributed by atoms with Gasteiger partial charge in [0.05, 0.1) is 6.04 Å². The fourth-order valence-electron chi connectivity index (χ4n) is 4.58. The lowest BCUT2D eigenvalue weighted by molar-refractivity contribution is -0.137. The maximum atomic E-state index is 15.4. The highest BCUT2D eigenvalue weighted by molar-refractivity contribution is 6.00. The first-order valence-corrected chi connectivity index (χ1v) is 9.54. The van der Waals surface area contributed by atoms with Crippen molar-refractivity contribution in [2.75, 3.05) is 18.0 Å². The fourth-order valence-corrected chi connectivity index (χ4v) is 4.58. The molecule has 3 heterocycles. The topological polar surface area (TPSA) is 64.7 Å². The zero-order chi connectivity index (χ0) is 20.2. The number of rotatable bonds is 2. The monoisotopic (exact) mass is 396 g/mol. The van der Waals surface area contributed by atoms with Crippen molar-refractivity contribution in [1.82, 2.24) is 15.5 Å². The Labute approximate surface area is 161 Å². The first kappa shape index (κ1) is 19.2. The summed E-state index contributed by atoms with van der Waals surface area (Å²) in [5.41, 5.74) is -0.279. The molecule has 0 saturated carbocycles. The second-order valence-corrected chi connectivity index (χ2v) is 7.88. The molecule has 0 aliphatic carbocycles. The number of imide groups is 1. The number of hydrogen-bond acceptors (Lipinski definition) is 5. The Hall–Kier alpha value is -2.13. The van der Waals surface area contributed by atoms with Crippen molar-refractivity contribution < 1.29 is 22.8 Å². The maximum Gasteiger partial charge on any atom is 0.243 e. The van der Waals surface area contributed by atoms with E-state index in [1.54, 1.807) is 9.80 Å². The van der Waals surface area contributed by atoms with E-state index in [1.807, 2.05) is 13.8 Å². The molecule has 152 valence electrons. The molecular formula is C19H23F3N4O2. The average Bonchev–Trinajstić information content (AvgIpc) is 3.08. The molecule has 9 heteroatoms. The van der Waals surface area contributed by atoms with Crippen LogP contribution in [0.15, 0.2) is 0 Å². The van der Waals surface area contributed by atoms with Crippen molar-refractivity contribution in [2.45, 2.75) is 57.9 Å². The highest BCUT2D eigenvalue weighted by Gasteiger charge is 2.40. The molecule has 0 aromatic heterocycles. The second-order valence-electron chi connectivity index (χ2n) is 7.88. The van der Waals surface area contributed by atoms with Crippen LogP contribution in [0.25, 0.3) is 0 Å². The minimum atomic E-state index is -1.18. The van der Waals surface area contributed by atoms with Gasteiger partial charge in [0.2, 0.25) is 11.8 Å². The number of hydrogen-bond donors (Lipinski definition) is 2. The number of carbonyl (C=O) groups excluding carboxylic acids is 2. The van der Waals surface area contributed by atoms with Crippen LogP contribution in [-0.2, 0) is 22.7 Å². The van der Waals surface area contributed by atoms with Gasteiger partial charge in [0.25, 0.3) is 0 Å². The molecule has 3 aliphatic heterocycles. The van der Waals surface area contributed by atoms with E-state index in [1.165, 1.54) is 0 Å². The molecule has 3 aliphatic rings. The zero-order valence-corrected chi connectivity index (χ0v) is 15.8. The van der Waals surface area contributed by atoms with Crippen LogP contribution in [-0.4, -0.2) is 47.9 Å². The lowest BCUT2D eigenvalue weighted by atomic mass is 10.0. The Kier molecular flexibility index (Phi) is 4.83. The Bertz CT molecular complexity index is 837. The predicted molar refractivity (Wildman–Crippen MR) is 96.0 cm³/mol. The lowest BCUT2D eigenvalue weighted by Crippen LogP contribution is -2.56. The van der Waals surface area contributed by atoms with Crippen molar-refractivity contribution in [3.8, 4) is 0 Å². The maximum absolute atomic E-state index is 15.4. The van der Waals surface area contributed by atoms with E-state index in [9.17, 15) is 18.4 Å². The summed E-state index contributed by atoms with van der Waals surface area (Å²) < 4.78 is 45.2. The molecule has 4 rings (SSSR count). The van der Waals surface area contributed by atoms with Gasteiger partial charge in [-0.2, -0.15) is 0 Å². The van der Waals surface area contributed by atoms with Crippen molar-refractivity contribution in [3.63, 3.8) is 0 Å². The predicted octanol–water partition coefficient (Wildman–Crippen LogP) is 1.41. The third kappa shape index (κ3) is 2.97. The van der Waals surface area contributed by atoms with Gasteiger partial charge in [-0.05, 0) is 20.3 Å². The van der Waals surface area contributed by atoms with Gasteiger partial charge < -0.3 is 10.2 Å². The molecule has 6 nitrogen and oxygen atoms in total. The molecule has 3 atom stereocenters. The normalized spacial score (nSPS) is 28.5. The number of piperidine rings is 1. The fraction of sp³-hybridized carbons (Fsp3) is 0.579. The first-order valence-electron chi connectivity index (χ1n) is 9.54. The quantitative estimate of drug-likeness (QED) is 0.585. The average molecular weight is 396 g/mol. The summed E-state index contributed by atoms with van der Waals surface area (Å²) >= 11 is 0. The summed E-state index contributed by atoms with van der Waals surface area (Å²) in [4.78, 5) is 26.7. The second kappa shape index (κ2) is 7.04.